The molecule has 16 heavy (non-hydrogen) atoms. The first-order chi connectivity index (χ1) is 7.63. The summed E-state index contributed by atoms with van der Waals surface area (Å²) >= 11 is 0. The van der Waals surface area contributed by atoms with Crippen LogP contribution >= 0.6 is 0 Å². The van der Waals surface area contributed by atoms with Crippen molar-refractivity contribution in [3.05, 3.63) is 0 Å². The summed E-state index contributed by atoms with van der Waals surface area (Å²) < 4.78 is 5.47. The van der Waals surface area contributed by atoms with Gasteiger partial charge in [0.1, 0.15) is 6.10 Å². The minimum Gasteiger partial charge on any atom is -0.396 e. The molecule has 1 amide bonds. The van der Waals surface area contributed by atoms with E-state index in [2.05, 4.69) is 5.32 Å². The molecule has 94 valence electrons. The molecule has 1 aliphatic rings. The van der Waals surface area contributed by atoms with Gasteiger partial charge in [0.2, 0.25) is 5.91 Å². The standard InChI is InChI=1S/C12H23NO3/c1-9(8-14)4-3-7-13-12(15)11-6-5-10(2)16-11/h9-11,14H,3-8H2,1-2H3,(H,13,15). The lowest BCUT2D eigenvalue weighted by Crippen LogP contribution is -2.35. The van der Waals surface area contributed by atoms with Crippen molar-refractivity contribution in [3.63, 3.8) is 0 Å². The quantitative estimate of drug-likeness (QED) is 0.670. The predicted octanol–water partition coefficient (Wildman–Crippen LogP) is 1.08. The number of aliphatic hydroxyl groups is 1. The third-order valence-corrected chi connectivity index (χ3v) is 3.01. The van der Waals surface area contributed by atoms with Crippen LogP contribution in [0.1, 0.15) is 39.5 Å². The Labute approximate surface area is 97.4 Å². The summed E-state index contributed by atoms with van der Waals surface area (Å²) in [6.07, 6.45) is 3.63. The summed E-state index contributed by atoms with van der Waals surface area (Å²) in [5, 5.41) is 11.7. The fraction of sp³-hybridized carbons (Fsp3) is 0.917. The van der Waals surface area contributed by atoms with E-state index in [0.29, 0.717) is 12.5 Å². The van der Waals surface area contributed by atoms with Crippen LogP contribution in [0.5, 0.6) is 0 Å². The lowest BCUT2D eigenvalue weighted by molar-refractivity contribution is -0.131. The minimum atomic E-state index is -0.245. The van der Waals surface area contributed by atoms with Gasteiger partial charge in [0, 0.05) is 13.2 Å². The van der Waals surface area contributed by atoms with Gasteiger partial charge >= 0.3 is 0 Å². The van der Waals surface area contributed by atoms with Gasteiger partial charge in [-0.3, -0.25) is 4.79 Å². The number of hydrogen-bond donors (Lipinski definition) is 2. The molecule has 4 heteroatoms. The van der Waals surface area contributed by atoms with Crippen molar-refractivity contribution in [2.45, 2.75) is 51.7 Å². The number of nitrogens with one attached hydrogen (secondary N) is 1. The lowest BCUT2D eigenvalue weighted by atomic mass is 10.1. The molecule has 0 bridgehead atoms. The highest BCUT2D eigenvalue weighted by atomic mass is 16.5. The maximum Gasteiger partial charge on any atom is 0.249 e. The number of aliphatic hydroxyl groups excluding tert-OH is 1. The largest absolute Gasteiger partial charge is 0.396 e. The monoisotopic (exact) mass is 229 g/mol. The number of carbonyl (C=O) groups is 1. The molecule has 0 saturated carbocycles. The molecule has 0 radical (unpaired) electrons. The zero-order chi connectivity index (χ0) is 12.0. The normalized spacial score (nSPS) is 26.7. The molecule has 1 rings (SSSR count). The van der Waals surface area contributed by atoms with Gasteiger partial charge in [-0.2, -0.15) is 0 Å². The molecule has 0 spiro atoms. The molecule has 1 aliphatic heterocycles. The van der Waals surface area contributed by atoms with Gasteiger partial charge in [-0.15, -0.1) is 0 Å². The van der Waals surface area contributed by atoms with Crippen LogP contribution in [0.25, 0.3) is 0 Å². The third-order valence-electron chi connectivity index (χ3n) is 3.01. The summed E-state index contributed by atoms with van der Waals surface area (Å²) in [6.45, 7) is 4.90. The van der Waals surface area contributed by atoms with Crippen molar-refractivity contribution < 1.29 is 14.6 Å². The van der Waals surface area contributed by atoms with Crippen LogP contribution in [0.2, 0.25) is 0 Å². The second-order valence-electron chi connectivity index (χ2n) is 4.73. The highest BCUT2D eigenvalue weighted by Crippen LogP contribution is 2.18. The molecule has 1 fully saturated rings. The molecule has 4 nitrogen and oxygen atoms in total. The molecule has 3 unspecified atom stereocenters. The fourth-order valence-electron chi connectivity index (χ4n) is 1.86. The van der Waals surface area contributed by atoms with Crippen LogP contribution in [0.15, 0.2) is 0 Å². The Morgan fingerprint density at radius 1 is 1.56 bits per heavy atom. The molecule has 1 heterocycles. The van der Waals surface area contributed by atoms with E-state index in [-0.39, 0.29) is 24.7 Å². The van der Waals surface area contributed by atoms with Crippen LogP contribution in [-0.4, -0.2) is 36.4 Å². The first-order valence-electron chi connectivity index (χ1n) is 6.17. The number of ether oxygens (including phenoxy) is 1. The number of rotatable bonds is 6. The van der Waals surface area contributed by atoms with E-state index in [1.807, 2.05) is 13.8 Å². The summed E-state index contributed by atoms with van der Waals surface area (Å²) in [6, 6.07) is 0. The first-order valence-corrected chi connectivity index (χ1v) is 6.17. The molecule has 3 atom stereocenters. The van der Waals surface area contributed by atoms with Crippen molar-refractivity contribution >= 4 is 5.91 Å². The molecular formula is C12H23NO3. The van der Waals surface area contributed by atoms with Gasteiger partial charge in [0.25, 0.3) is 0 Å². The molecule has 0 aromatic rings. The maximum atomic E-state index is 11.6. The Kier molecular flexibility index (Phi) is 5.77. The van der Waals surface area contributed by atoms with E-state index in [4.69, 9.17) is 9.84 Å². The van der Waals surface area contributed by atoms with Gasteiger partial charge in [-0.1, -0.05) is 6.92 Å². The first kappa shape index (κ1) is 13.5. The van der Waals surface area contributed by atoms with E-state index in [1.54, 1.807) is 0 Å². The van der Waals surface area contributed by atoms with Crippen LogP contribution in [-0.2, 0) is 9.53 Å². The zero-order valence-corrected chi connectivity index (χ0v) is 10.2. The van der Waals surface area contributed by atoms with E-state index in [9.17, 15) is 4.79 Å². The van der Waals surface area contributed by atoms with E-state index in [0.717, 1.165) is 25.7 Å². The Balaban J connectivity index is 2.06. The highest BCUT2D eigenvalue weighted by Gasteiger charge is 2.27. The maximum absolute atomic E-state index is 11.6. The van der Waals surface area contributed by atoms with Crippen LogP contribution in [0, 0.1) is 5.92 Å². The summed E-state index contributed by atoms with van der Waals surface area (Å²) in [5.74, 6) is 0.334. The molecule has 2 N–H and O–H groups in total. The van der Waals surface area contributed by atoms with E-state index >= 15 is 0 Å². The van der Waals surface area contributed by atoms with Crippen molar-refractivity contribution in [2.75, 3.05) is 13.2 Å². The van der Waals surface area contributed by atoms with Crippen LogP contribution in [0.3, 0.4) is 0 Å². The molecule has 0 aromatic heterocycles. The van der Waals surface area contributed by atoms with Gasteiger partial charge < -0.3 is 15.2 Å². The third kappa shape index (κ3) is 4.49. The smallest absolute Gasteiger partial charge is 0.249 e. The van der Waals surface area contributed by atoms with Crippen LogP contribution in [0.4, 0.5) is 0 Å². The second kappa shape index (κ2) is 6.86. The number of carbonyl (C=O) groups excluding carboxylic acids is 1. The highest BCUT2D eigenvalue weighted by molar-refractivity contribution is 5.80. The van der Waals surface area contributed by atoms with E-state index in [1.165, 1.54) is 0 Å². The molecule has 0 aliphatic carbocycles. The Hall–Kier alpha value is -0.610. The van der Waals surface area contributed by atoms with Gasteiger partial charge in [0.15, 0.2) is 0 Å². The van der Waals surface area contributed by atoms with Crippen molar-refractivity contribution in [1.29, 1.82) is 0 Å². The van der Waals surface area contributed by atoms with Gasteiger partial charge in [-0.05, 0) is 38.5 Å². The van der Waals surface area contributed by atoms with Crippen molar-refractivity contribution in [3.8, 4) is 0 Å². The number of amides is 1. The topological polar surface area (TPSA) is 58.6 Å². The predicted molar refractivity (Wildman–Crippen MR) is 62.1 cm³/mol. The summed E-state index contributed by atoms with van der Waals surface area (Å²) in [5.41, 5.74) is 0. The summed E-state index contributed by atoms with van der Waals surface area (Å²) in [7, 11) is 0. The van der Waals surface area contributed by atoms with Gasteiger partial charge in [0.05, 0.1) is 6.10 Å². The molecule has 1 saturated heterocycles. The van der Waals surface area contributed by atoms with Gasteiger partial charge in [-0.25, -0.2) is 0 Å². The Bertz CT molecular complexity index is 220. The Morgan fingerprint density at radius 3 is 2.88 bits per heavy atom. The average molecular weight is 229 g/mol. The fourth-order valence-corrected chi connectivity index (χ4v) is 1.86. The molecular weight excluding hydrogens is 206 g/mol. The minimum absolute atomic E-state index is 0.0148. The van der Waals surface area contributed by atoms with Crippen LogP contribution < -0.4 is 5.32 Å². The van der Waals surface area contributed by atoms with Crippen molar-refractivity contribution in [2.24, 2.45) is 5.92 Å². The summed E-state index contributed by atoms with van der Waals surface area (Å²) in [4.78, 5) is 11.6. The Morgan fingerprint density at radius 2 is 2.31 bits per heavy atom. The lowest BCUT2D eigenvalue weighted by Gasteiger charge is -2.12. The van der Waals surface area contributed by atoms with Crippen molar-refractivity contribution in [1.82, 2.24) is 5.32 Å². The second-order valence-corrected chi connectivity index (χ2v) is 4.73. The SMILES string of the molecule is CC(CO)CCCNC(=O)C1CCC(C)O1. The number of hydrogen-bond acceptors (Lipinski definition) is 3. The van der Waals surface area contributed by atoms with E-state index < -0.39 is 0 Å². The average Bonchev–Trinajstić information content (AvgIpc) is 2.70. The molecule has 0 aromatic carbocycles. The zero-order valence-electron chi connectivity index (χ0n) is 10.2.